The van der Waals surface area contributed by atoms with E-state index in [9.17, 15) is 40.5 Å². The average molecular weight is 629 g/mol. The summed E-state index contributed by atoms with van der Waals surface area (Å²) in [6.45, 7) is 7.61. The summed E-state index contributed by atoms with van der Waals surface area (Å²) in [6, 6.07) is 0. The number of carboxylic acids is 1. The fourth-order valence-corrected chi connectivity index (χ4v) is 10.6. The fourth-order valence-electron chi connectivity index (χ4n) is 10.6. The Kier molecular flexibility index (Phi) is 8.73. The molecule has 0 spiro atoms. The van der Waals surface area contributed by atoms with E-state index in [0.29, 0.717) is 25.2 Å². The molecule has 0 aromatic heterocycles. The SMILES string of the molecule is C[C@H]1O[C@H](OC23CC[C@H](C(=O)O)[C@@]2(C)CC[C@H]2[C@H]3CC[C@@H]3CC(O[C@H]4O[C@H](C)[C@@H](O)[C@H](O)[C@@H]4O)CC[C@@]32C)[C@@H](O)[C@@H](O)[C@@H]1O. The van der Waals surface area contributed by atoms with Crippen LogP contribution in [0.15, 0.2) is 0 Å². The van der Waals surface area contributed by atoms with Crippen LogP contribution < -0.4 is 0 Å². The van der Waals surface area contributed by atoms with Crippen LogP contribution in [0.25, 0.3) is 0 Å². The third kappa shape index (κ3) is 4.89. The number of hydrogen-bond acceptors (Lipinski definition) is 11. The molecule has 2 heterocycles. The van der Waals surface area contributed by atoms with Gasteiger partial charge < -0.3 is 54.7 Å². The molecule has 6 aliphatic rings. The highest BCUT2D eigenvalue weighted by molar-refractivity contribution is 5.72. The minimum atomic E-state index is -1.47. The van der Waals surface area contributed by atoms with Crippen molar-refractivity contribution in [2.75, 3.05) is 0 Å². The Morgan fingerprint density at radius 1 is 0.705 bits per heavy atom. The number of fused-ring (bicyclic) bond motifs is 5. The molecule has 2 unspecified atom stereocenters. The first kappa shape index (κ1) is 33.0. The number of aliphatic hydroxyl groups excluding tert-OH is 6. The number of rotatable bonds is 5. The summed E-state index contributed by atoms with van der Waals surface area (Å²) in [5, 5.41) is 73.0. The molecule has 12 nitrogen and oxygen atoms in total. The van der Waals surface area contributed by atoms with E-state index in [1.54, 1.807) is 13.8 Å². The average Bonchev–Trinajstić information content (AvgIpc) is 3.29. The van der Waals surface area contributed by atoms with Gasteiger partial charge >= 0.3 is 5.97 Å². The van der Waals surface area contributed by atoms with Gasteiger partial charge in [-0.25, -0.2) is 0 Å². The van der Waals surface area contributed by atoms with Crippen molar-refractivity contribution < 1.29 is 59.5 Å². The van der Waals surface area contributed by atoms with Gasteiger partial charge in [-0.2, -0.15) is 0 Å². The van der Waals surface area contributed by atoms with Gasteiger partial charge in [0.05, 0.1) is 29.8 Å². The number of aliphatic carboxylic acids is 1. The highest BCUT2D eigenvalue weighted by Gasteiger charge is 2.71. The van der Waals surface area contributed by atoms with Gasteiger partial charge in [0.25, 0.3) is 0 Å². The minimum absolute atomic E-state index is 0.0143. The summed E-state index contributed by atoms with van der Waals surface area (Å²) in [6.07, 6.45) is -5.40. The first-order valence-corrected chi connectivity index (χ1v) is 16.6. The highest BCUT2D eigenvalue weighted by Crippen LogP contribution is 2.70. The fraction of sp³-hybridized carbons (Fsp3) is 0.969. The molecule has 0 aromatic rings. The lowest BCUT2D eigenvalue weighted by atomic mass is 9.43. The lowest BCUT2D eigenvalue weighted by molar-refractivity contribution is -0.355. The predicted molar refractivity (Wildman–Crippen MR) is 153 cm³/mol. The molecule has 4 aliphatic carbocycles. The zero-order valence-corrected chi connectivity index (χ0v) is 26.2. The van der Waals surface area contributed by atoms with Crippen LogP contribution in [0.5, 0.6) is 0 Å². The standard InChI is InChI=1S/C32H52O12/c1-14-21(33)23(35)25(37)28(41-14)43-17-7-10-30(3)16(13-17)5-6-19-18(30)8-11-31(4)20(27(39)40)9-12-32(19,31)44-29-26(38)24(36)22(34)15(2)42-29/h14-26,28-29,33-38H,5-13H2,1-4H3,(H,39,40)/t14-,15-,16-,17?,18+,19-,20-,21-,22-,23+,24+,25+,26+,28-,29-,30+,31-,32?/m1/s1. The summed E-state index contributed by atoms with van der Waals surface area (Å²) < 4.78 is 24.8. The van der Waals surface area contributed by atoms with Crippen molar-refractivity contribution in [3.05, 3.63) is 0 Å². The molecule has 0 aromatic carbocycles. The van der Waals surface area contributed by atoms with Crippen molar-refractivity contribution in [2.24, 2.45) is 34.5 Å². The summed E-state index contributed by atoms with van der Waals surface area (Å²) in [5.74, 6) is -0.903. The Labute approximate surface area is 258 Å². The molecule has 6 rings (SSSR count). The smallest absolute Gasteiger partial charge is 0.307 e. The lowest BCUT2D eigenvalue weighted by Gasteiger charge is -2.65. The summed E-state index contributed by atoms with van der Waals surface area (Å²) >= 11 is 0. The Morgan fingerprint density at radius 2 is 1.32 bits per heavy atom. The number of carbonyl (C=O) groups is 1. The van der Waals surface area contributed by atoms with E-state index >= 15 is 0 Å². The largest absolute Gasteiger partial charge is 0.481 e. The second-order valence-electron chi connectivity index (χ2n) is 15.3. The first-order valence-electron chi connectivity index (χ1n) is 16.6. The predicted octanol–water partition coefficient (Wildman–Crippen LogP) is 0.909. The van der Waals surface area contributed by atoms with Gasteiger partial charge in [-0.05, 0) is 94.8 Å². The lowest BCUT2D eigenvalue weighted by Crippen LogP contribution is -2.67. The Morgan fingerprint density at radius 3 is 1.95 bits per heavy atom. The van der Waals surface area contributed by atoms with Gasteiger partial charge in [-0.1, -0.05) is 13.8 Å². The van der Waals surface area contributed by atoms with Crippen LogP contribution in [0, 0.1) is 34.5 Å². The second kappa shape index (κ2) is 11.6. The van der Waals surface area contributed by atoms with E-state index in [-0.39, 0.29) is 23.4 Å². The van der Waals surface area contributed by atoms with Crippen molar-refractivity contribution in [3.63, 3.8) is 0 Å². The van der Waals surface area contributed by atoms with Crippen molar-refractivity contribution in [2.45, 2.75) is 159 Å². The molecule has 252 valence electrons. The van der Waals surface area contributed by atoms with Gasteiger partial charge in [0, 0.05) is 5.41 Å². The van der Waals surface area contributed by atoms with Crippen LogP contribution in [0.1, 0.15) is 85.5 Å². The third-order valence-corrected chi connectivity index (χ3v) is 13.3. The summed E-state index contributed by atoms with van der Waals surface area (Å²) in [7, 11) is 0. The number of hydrogen-bond donors (Lipinski definition) is 7. The molecule has 2 saturated heterocycles. The minimum Gasteiger partial charge on any atom is -0.481 e. The van der Waals surface area contributed by atoms with Crippen LogP contribution in [0.2, 0.25) is 0 Å². The molecule has 4 saturated carbocycles. The van der Waals surface area contributed by atoms with Gasteiger partial charge in [-0.3, -0.25) is 4.79 Å². The Bertz CT molecular complexity index is 1080. The molecular weight excluding hydrogens is 576 g/mol. The van der Waals surface area contributed by atoms with E-state index in [1.807, 2.05) is 6.92 Å². The summed E-state index contributed by atoms with van der Waals surface area (Å²) in [5.41, 5.74) is -1.67. The molecule has 0 bridgehead atoms. The van der Waals surface area contributed by atoms with Crippen LogP contribution >= 0.6 is 0 Å². The number of carboxylic acid groups (broad SMARTS) is 1. The highest BCUT2D eigenvalue weighted by atomic mass is 16.7. The van der Waals surface area contributed by atoms with Gasteiger partial charge in [0.2, 0.25) is 0 Å². The zero-order chi connectivity index (χ0) is 31.9. The maximum absolute atomic E-state index is 12.6. The van der Waals surface area contributed by atoms with E-state index in [0.717, 1.165) is 38.5 Å². The van der Waals surface area contributed by atoms with Crippen LogP contribution in [-0.2, 0) is 23.7 Å². The normalized spacial score (nSPS) is 57.6. The van der Waals surface area contributed by atoms with Gasteiger partial charge in [0.1, 0.15) is 36.6 Å². The molecule has 0 amide bonds. The molecule has 2 aliphatic heterocycles. The van der Waals surface area contributed by atoms with Crippen molar-refractivity contribution in [1.29, 1.82) is 0 Å². The molecule has 12 heteroatoms. The van der Waals surface area contributed by atoms with Crippen molar-refractivity contribution in [1.82, 2.24) is 0 Å². The van der Waals surface area contributed by atoms with Crippen LogP contribution in [0.3, 0.4) is 0 Å². The number of aliphatic hydroxyl groups is 6. The Hall–Kier alpha value is -0.930. The van der Waals surface area contributed by atoms with Crippen LogP contribution in [0.4, 0.5) is 0 Å². The van der Waals surface area contributed by atoms with E-state index in [4.69, 9.17) is 18.9 Å². The number of ether oxygens (including phenoxy) is 4. The van der Waals surface area contributed by atoms with Crippen molar-refractivity contribution >= 4 is 5.97 Å². The molecule has 7 N–H and O–H groups in total. The molecular formula is C32H52O12. The summed E-state index contributed by atoms with van der Waals surface area (Å²) in [4.78, 5) is 12.6. The molecule has 44 heavy (non-hydrogen) atoms. The molecule has 18 atom stereocenters. The molecule has 6 fully saturated rings. The van der Waals surface area contributed by atoms with E-state index < -0.39 is 84.3 Å². The van der Waals surface area contributed by atoms with Crippen LogP contribution in [-0.4, -0.2) is 115 Å². The molecule has 0 radical (unpaired) electrons. The topological polar surface area (TPSA) is 196 Å². The van der Waals surface area contributed by atoms with E-state index in [2.05, 4.69) is 6.92 Å². The third-order valence-electron chi connectivity index (χ3n) is 13.3. The van der Waals surface area contributed by atoms with Crippen molar-refractivity contribution in [3.8, 4) is 0 Å². The zero-order valence-electron chi connectivity index (χ0n) is 26.2. The quantitative estimate of drug-likeness (QED) is 0.213. The van der Waals surface area contributed by atoms with Gasteiger partial charge in [0.15, 0.2) is 12.6 Å². The monoisotopic (exact) mass is 628 g/mol. The maximum Gasteiger partial charge on any atom is 0.307 e. The van der Waals surface area contributed by atoms with Gasteiger partial charge in [-0.15, -0.1) is 0 Å². The first-order chi connectivity index (χ1) is 20.6. The van der Waals surface area contributed by atoms with E-state index in [1.165, 1.54) is 0 Å². The Balaban J connectivity index is 1.24. The second-order valence-corrected chi connectivity index (χ2v) is 15.3. The maximum atomic E-state index is 12.6.